The summed E-state index contributed by atoms with van der Waals surface area (Å²) >= 11 is 0. The van der Waals surface area contributed by atoms with E-state index in [2.05, 4.69) is 78.1 Å². The molecule has 0 radical (unpaired) electrons. The second-order valence-corrected chi connectivity index (χ2v) is 16.9. The first-order valence-electron chi connectivity index (χ1n) is 8.31. The average Bonchev–Trinajstić information content (AvgIpc) is 2.42. The van der Waals surface area contributed by atoms with Crippen molar-refractivity contribution < 1.29 is 0 Å². The summed E-state index contributed by atoms with van der Waals surface area (Å²) in [7, 11) is -3.19. The molecule has 1 aliphatic rings. The third-order valence-electron chi connectivity index (χ3n) is 5.96. The lowest BCUT2D eigenvalue weighted by atomic mass is 10.1. The van der Waals surface area contributed by atoms with E-state index in [0.717, 1.165) is 0 Å². The van der Waals surface area contributed by atoms with Crippen LogP contribution >= 0.6 is 0 Å². The van der Waals surface area contributed by atoms with E-state index >= 15 is 0 Å². The zero-order chi connectivity index (χ0) is 16.4. The van der Waals surface area contributed by atoms with Gasteiger partial charge in [-0.3, -0.25) is 0 Å². The molecule has 0 aromatic heterocycles. The Morgan fingerprint density at radius 2 is 0.636 bits per heavy atom. The van der Waals surface area contributed by atoms with Crippen molar-refractivity contribution in [3.8, 4) is 0 Å². The van der Waals surface area contributed by atoms with Crippen molar-refractivity contribution in [1.82, 2.24) is 0 Å². The topological polar surface area (TPSA) is 0 Å². The second kappa shape index (κ2) is 4.68. The third-order valence-corrected chi connectivity index (χ3v) is 13.5. The van der Waals surface area contributed by atoms with Crippen molar-refractivity contribution in [3.63, 3.8) is 0 Å². The molecular formula is C20H28Si2. The number of fused-ring (bicyclic) bond motifs is 2. The minimum Gasteiger partial charge on any atom is -0.0616 e. The Morgan fingerprint density at radius 1 is 0.455 bits per heavy atom. The van der Waals surface area contributed by atoms with Crippen molar-refractivity contribution in [1.29, 1.82) is 0 Å². The molecule has 0 atom stereocenters. The van der Waals surface area contributed by atoms with Gasteiger partial charge in [-0.2, -0.15) is 0 Å². The molecule has 2 aromatic rings. The van der Waals surface area contributed by atoms with Crippen LogP contribution in [0, 0.1) is 27.7 Å². The zero-order valence-corrected chi connectivity index (χ0v) is 17.3. The van der Waals surface area contributed by atoms with Gasteiger partial charge in [-0.25, -0.2) is 0 Å². The molecule has 0 amide bonds. The fourth-order valence-electron chi connectivity index (χ4n) is 3.99. The van der Waals surface area contributed by atoms with Crippen LogP contribution in [0.25, 0.3) is 0 Å². The van der Waals surface area contributed by atoms with E-state index < -0.39 is 16.1 Å². The predicted octanol–water partition coefficient (Wildman–Crippen LogP) is 2.88. The Morgan fingerprint density at radius 3 is 0.818 bits per heavy atom. The van der Waals surface area contributed by atoms with E-state index in [0.29, 0.717) is 0 Å². The minimum atomic E-state index is -1.59. The summed E-state index contributed by atoms with van der Waals surface area (Å²) in [5, 5.41) is 6.79. The van der Waals surface area contributed by atoms with Gasteiger partial charge in [0.25, 0.3) is 0 Å². The van der Waals surface area contributed by atoms with Gasteiger partial charge in [-0.05, 0) is 49.9 Å². The van der Waals surface area contributed by atoms with E-state index in [1.54, 1.807) is 20.7 Å². The molecule has 0 N–H and O–H groups in total. The summed E-state index contributed by atoms with van der Waals surface area (Å²) in [4.78, 5) is 0. The summed E-state index contributed by atoms with van der Waals surface area (Å²) in [5.41, 5.74) is 5.82. The molecule has 3 rings (SSSR count). The molecule has 0 saturated heterocycles. The molecule has 0 fully saturated rings. The average molecular weight is 325 g/mol. The molecule has 0 saturated carbocycles. The van der Waals surface area contributed by atoms with Crippen molar-refractivity contribution in [2.75, 3.05) is 0 Å². The van der Waals surface area contributed by atoms with Crippen LogP contribution in [0.3, 0.4) is 0 Å². The normalized spacial score (nSPS) is 17.8. The summed E-state index contributed by atoms with van der Waals surface area (Å²) in [6, 6.07) is 10.1. The van der Waals surface area contributed by atoms with Crippen molar-refractivity contribution in [2.45, 2.75) is 53.9 Å². The number of rotatable bonds is 0. The molecule has 0 aliphatic carbocycles. The summed E-state index contributed by atoms with van der Waals surface area (Å²) in [6.07, 6.45) is 0. The maximum Gasteiger partial charge on any atom is 0.111 e. The Kier molecular flexibility index (Phi) is 3.36. The van der Waals surface area contributed by atoms with Gasteiger partial charge in [-0.15, -0.1) is 0 Å². The summed E-state index contributed by atoms with van der Waals surface area (Å²) in [6.45, 7) is 19.2. The van der Waals surface area contributed by atoms with Crippen LogP contribution < -0.4 is 20.7 Å². The Balaban J connectivity index is 2.43. The van der Waals surface area contributed by atoms with E-state index in [-0.39, 0.29) is 0 Å². The Hall–Kier alpha value is -1.13. The number of benzene rings is 2. The molecule has 2 aromatic carbocycles. The molecule has 116 valence electrons. The molecule has 1 heterocycles. The van der Waals surface area contributed by atoms with Crippen LogP contribution in [0.1, 0.15) is 22.3 Å². The highest BCUT2D eigenvalue weighted by molar-refractivity contribution is 7.16. The van der Waals surface area contributed by atoms with Gasteiger partial charge in [0.15, 0.2) is 0 Å². The first-order valence-corrected chi connectivity index (χ1v) is 14.3. The van der Waals surface area contributed by atoms with Gasteiger partial charge in [-0.1, -0.05) is 71.2 Å². The second-order valence-electron chi connectivity index (χ2n) is 8.21. The number of hydrogen-bond donors (Lipinski definition) is 0. The van der Waals surface area contributed by atoms with Gasteiger partial charge >= 0.3 is 0 Å². The van der Waals surface area contributed by atoms with Crippen LogP contribution in [-0.2, 0) is 0 Å². The van der Waals surface area contributed by atoms with Gasteiger partial charge in [0, 0.05) is 0 Å². The minimum absolute atomic E-state index is 1.46. The highest BCUT2D eigenvalue weighted by Crippen LogP contribution is 2.19. The smallest absolute Gasteiger partial charge is 0.0616 e. The molecule has 0 bridgehead atoms. The first-order chi connectivity index (χ1) is 10.1. The maximum absolute atomic E-state index is 2.54. The quantitative estimate of drug-likeness (QED) is 0.654. The SMILES string of the molecule is Cc1cc2c(cc1C)[Si](C)(C)c1cc(C)c(C)cc1[Si]2(C)C. The van der Waals surface area contributed by atoms with E-state index in [1.165, 1.54) is 22.3 Å². The predicted molar refractivity (Wildman–Crippen MR) is 105 cm³/mol. The monoisotopic (exact) mass is 324 g/mol. The maximum atomic E-state index is 2.54. The van der Waals surface area contributed by atoms with E-state index in [4.69, 9.17) is 0 Å². The number of aryl methyl sites for hydroxylation is 4. The van der Waals surface area contributed by atoms with Crippen LogP contribution in [0.5, 0.6) is 0 Å². The standard InChI is InChI=1S/C20H28Si2/c1-13-9-17-18(10-14(13)2)22(7,8)20-12-16(4)15(3)11-19(20)21(17,5)6/h9-12H,1-8H3. The van der Waals surface area contributed by atoms with Crippen LogP contribution in [0.2, 0.25) is 26.2 Å². The fourth-order valence-corrected chi connectivity index (χ4v) is 13.6. The first kappa shape index (κ1) is 15.8. The number of hydrogen-bond acceptors (Lipinski definition) is 0. The lowest BCUT2D eigenvalue weighted by molar-refractivity contribution is 1.34. The Labute approximate surface area is 137 Å². The van der Waals surface area contributed by atoms with Crippen LogP contribution in [0.15, 0.2) is 24.3 Å². The largest absolute Gasteiger partial charge is 0.111 e. The summed E-state index contributed by atoms with van der Waals surface area (Å²) in [5.74, 6) is 0. The van der Waals surface area contributed by atoms with E-state index in [1.807, 2.05) is 0 Å². The highest BCUT2D eigenvalue weighted by atomic mass is 28.3. The fraction of sp³-hybridized carbons (Fsp3) is 0.400. The lowest BCUT2D eigenvalue weighted by Crippen LogP contribution is -2.78. The highest BCUT2D eigenvalue weighted by Gasteiger charge is 2.44. The van der Waals surface area contributed by atoms with Crippen molar-refractivity contribution in [3.05, 3.63) is 46.5 Å². The van der Waals surface area contributed by atoms with Gasteiger partial charge in [0.2, 0.25) is 0 Å². The van der Waals surface area contributed by atoms with E-state index in [9.17, 15) is 0 Å². The summed E-state index contributed by atoms with van der Waals surface area (Å²) < 4.78 is 0. The van der Waals surface area contributed by atoms with Crippen molar-refractivity contribution >= 4 is 36.9 Å². The molecule has 0 unspecified atom stereocenters. The Bertz CT molecular complexity index is 653. The van der Waals surface area contributed by atoms with Gasteiger partial charge < -0.3 is 0 Å². The van der Waals surface area contributed by atoms with Crippen molar-refractivity contribution in [2.24, 2.45) is 0 Å². The molecular weight excluding hydrogens is 296 g/mol. The molecule has 1 aliphatic heterocycles. The zero-order valence-electron chi connectivity index (χ0n) is 15.3. The van der Waals surface area contributed by atoms with Crippen LogP contribution in [0.4, 0.5) is 0 Å². The van der Waals surface area contributed by atoms with Gasteiger partial charge in [0.05, 0.1) is 0 Å². The molecule has 0 nitrogen and oxygen atoms in total. The van der Waals surface area contributed by atoms with Crippen LogP contribution in [-0.4, -0.2) is 16.1 Å². The lowest BCUT2D eigenvalue weighted by Gasteiger charge is -2.42. The molecule has 2 heteroatoms. The van der Waals surface area contributed by atoms with Gasteiger partial charge in [0.1, 0.15) is 16.1 Å². The molecule has 0 spiro atoms. The third kappa shape index (κ3) is 2.00. The molecule has 22 heavy (non-hydrogen) atoms.